The molecule has 0 saturated carbocycles. The van der Waals surface area contributed by atoms with Crippen molar-refractivity contribution in [1.82, 2.24) is 0 Å². The van der Waals surface area contributed by atoms with Gasteiger partial charge in [0.05, 0.1) is 0 Å². The van der Waals surface area contributed by atoms with Crippen molar-refractivity contribution in [1.29, 1.82) is 0 Å². The molecule has 0 aliphatic carbocycles. The van der Waals surface area contributed by atoms with E-state index in [2.05, 4.69) is 0 Å². The Bertz CT molecular complexity index is 261. The zero-order chi connectivity index (χ0) is 12.4. The highest BCUT2D eigenvalue weighted by molar-refractivity contribution is 5.93. The van der Waals surface area contributed by atoms with Crippen LogP contribution < -0.4 is 0 Å². The summed E-state index contributed by atoms with van der Waals surface area (Å²) in [6.07, 6.45) is 0.755. The van der Waals surface area contributed by atoms with Crippen molar-refractivity contribution >= 4 is 23.7 Å². The van der Waals surface area contributed by atoms with Crippen LogP contribution in [0.1, 0.15) is 13.3 Å². The zero-order valence-electron chi connectivity index (χ0n) is 7.84. The van der Waals surface area contributed by atoms with Crippen LogP contribution in [0, 0.1) is 0 Å². The number of hydrogen-bond donors (Lipinski definition) is 3. The van der Waals surface area contributed by atoms with E-state index in [1.54, 1.807) is 0 Å². The van der Waals surface area contributed by atoms with Crippen LogP contribution in [0.15, 0.2) is 12.2 Å². The first-order valence-corrected chi connectivity index (χ1v) is 3.61. The summed E-state index contributed by atoms with van der Waals surface area (Å²) in [6, 6.07) is 0. The van der Waals surface area contributed by atoms with Gasteiger partial charge in [0.2, 0.25) is 0 Å². The van der Waals surface area contributed by atoms with E-state index in [4.69, 9.17) is 15.3 Å². The van der Waals surface area contributed by atoms with Crippen LogP contribution in [0.25, 0.3) is 0 Å². The SMILES string of the molecule is CC(=O)CC(=O)O.O=C(O)/C=C\C(=O)O. The second-order valence-electron chi connectivity index (χ2n) is 2.28. The quantitative estimate of drug-likeness (QED) is 0.438. The summed E-state index contributed by atoms with van der Waals surface area (Å²) in [5, 5.41) is 23.5. The normalized spacial score (nSPS) is 8.87. The summed E-state index contributed by atoms with van der Waals surface area (Å²) in [5.41, 5.74) is 0. The van der Waals surface area contributed by atoms with Gasteiger partial charge in [-0.05, 0) is 6.92 Å². The van der Waals surface area contributed by atoms with Crippen molar-refractivity contribution in [3.05, 3.63) is 12.2 Å². The summed E-state index contributed by atoms with van der Waals surface area (Å²) in [4.78, 5) is 38.6. The smallest absolute Gasteiger partial charge is 0.328 e. The summed E-state index contributed by atoms with van der Waals surface area (Å²) in [7, 11) is 0. The number of carbonyl (C=O) groups excluding carboxylic acids is 1. The highest BCUT2D eigenvalue weighted by atomic mass is 16.4. The molecular weight excluding hydrogens is 208 g/mol. The van der Waals surface area contributed by atoms with Gasteiger partial charge in [-0.25, -0.2) is 9.59 Å². The molecule has 0 heterocycles. The Kier molecular flexibility index (Phi) is 8.59. The minimum Gasteiger partial charge on any atom is -0.481 e. The molecule has 0 atom stereocenters. The number of hydrogen-bond acceptors (Lipinski definition) is 4. The number of aliphatic carboxylic acids is 3. The molecule has 84 valence electrons. The number of carbonyl (C=O) groups is 4. The Morgan fingerprint density at radius 1 is 0.933 bits per heavy atom. The van der Waals surface area contributed by atoms with E-state index < -0.39 is 17.9 Å². The molecule has 0 spiro atoms. The zero-order valence-corrected chi connectivity index (χ0v) is 7.84. The van der Waals surface area contributed by atoms with E-state index in [1.165, 1.54) is 6.92 Å². The third-order valence-corrected chi connectivity index (χ3v) is 0.769. The topological polar surface area (TPSA) is 129 Å². The van der Waals surface area contributed by atoms with Crippen molar-refractivity contribution in [3.8, 4) is 0 Å². The second-order valence-corrected chi connectivity index (χ2v) is 2.28. The van der Waals surface area contributed by atoms with E-state index in [1.807, 2.05) is 0 Å². The van der Waals surface area contributed by atoms with Crippen molar-refractivity contribution in [2.45, 2.75) is 13.3 Å². The fraction of sp³-hybridized carbons (Fsp3) is 0.250. The summed E-state index contributed by atoms with van der Waals surface area (Å²) in [6.45, 7) is 1.24. The molecule has 7 heteroatoms. The van der Waals surface area contributed by atoms with E-state index in [0.717, 1.165) is 0 Å². The highest BCUT2D eigenvalue weighted by Crippen LogP contribution is 1.77. The van der Waals surface area contributed by atoms with E-state index in [9.17, 15) is 19.2 Å². The van der Waals surface area contributed by atoms with Gasteiger partial charge in [-0.3, -0.25) is 9.59 Å². The molecule has 3 N–H and O–H groups in total. The lowest BCUT2D eigenvalue weighted by atomic mass is 10.3. The molecule has 0 aromatic carbocycles. The van der Waals surface area contributed by atoms with Gasteiger partial charge in [-0.1, -0.05) is 0 Å². The molecular formula is C8H10O7. The average Bonchev–Trinajstić information content (AvgIpc) is 1.99. The minimum atomic E-state index is -1.26. The first-order chi connectivity index (χ1) is 6.75. The van der Waals surface area contributed by atoms with Gasteiger partial charge in [-0.15, -0.1) is 0 Å². The third-order valence-electron chi connectivity index (χ3n) is 0.769. The molecule has 0 amide bonds. The molecule has 15 heavy (non-hydrogen) atoms. The number of carboxylic acid groups (broad SMARTS) is 3. The Hall–Kier alpha value is -2.18. The third kappa shape index (κ3) is 24.5. The Morgan fingerprint density at radius 2 is 1.27 bits per heavy atom. The fourth-order valence-electron chi connectivity index (χ4n) is 0.356. The molecule has 0 saturated heterocycles. The second kappa shape index (κ2) is 8.42. The lowest BCUT2D eigenvalue weighted by Crippen LogP contribution is -2.00. The van der Waals surface area contributed by atoms with Crippen LogP contribution in [-0.2, 0) is 19.2 Å². The fourth-order valence-corrected chi connectivity index (χ4v) is 0.356. The van der Waals surface area contributed by atoms with E-state index in [-0.39, 0.29) is 12.2 Å². The van der Waals surface area contributed by atoms with Gasteiger partial charge in [0.25, 0.3) is 0 Å². The summed E-state index contributed by atoms with van der Waals surface area (Å²) in [5.74, 6) is -3.89. The molecule has 0 unspecified atom stereocenters. The molecule has 0 fully saturated rings. The van der Waals surface area contributed by atoms with Crippen LogP contribution in [0.5, 0.6) is 0 Å². The van der Waals surface area contributed by atoms with Crippen molar-refractivity contribution in [2.24, 2.45) is 0 Å². The number of ketones is 1. The molecule has 0 radical (unpaired) electrons. The Morgan fingerprint density at radius 3 is 1.33 bits per heavy atom. The monoisotopic (exact) mass is 218 g/mol. The largest absolute Gasteiger partial charge is 0.481 e. The van der Waals surface area contributed by atoms with Crippen molar-refractivity contribution in [3.63, 3.8) is 0 Å². The summed E-state index contributed by atoms with van der Waals surface area (Å²) >= 11 is 0. The Balaban J connectivity index is 0. The molecule has 7 nitrogen and oxygen atoms in total. The van der Waals surface area contributed by atoms with Gasteiger partial charge in [-0.2, -0.15) is 0 Å². The summed E-state index contributed by atoms with van der Waals surface area (Å²) < 4.78 is 0. The van der Waals surface area contributed by atoms with Crippen molar-refractivity contribution in [2.75, 3.05) is 0 Å². The number of carboxylic acids is 3. The van der Waals surface area contributed by atoms with Gasteiger partial charge >= 0.3 is 17.9 Å². The van der Waals surface area contributed by atoms with Crippen LogP contribution in [0.4, 0.5) is 0 Å². The lowest BCUT2D eigenvalue weighted by Gasteiger charge is -1.80. The number of Topliss-reactive ketones (excluding diaryl/α,β-unsaturated/α-hetero) is 1. The van der Waals surface area contributed by atoms with Gasteiger partial charge in [0.1, 0.15) is 12.2 Å². The molecule has 0 rings (SSSR count). The maximum Gasteiger partial charge on any atom is 0.328 e. The minimum absolute atomic E-state index is 0.312. The molecule has 0 bridgehead atoms. The van der Waals surface area contributed by atoms with Crippen molar-refractivity contribution < 1.29 is 34.5 Å². The predicted molar refractivity (Wildman–Crippen MR) is 47.3 cm³/mol. The predicted octanol–water partition coefficient (Wildman–Crippen LogP) is -0.238. The molecule has 0 aliphatic rings. The van der Waals surface area contributed by atoms with Crippen LogP contribution in [0.3, 0.4) is 0 Å². The van der Waals surface area contributed by atoms with E-state index >= 15 is 0 Å². The maximum atomic E-state index is 9.87. The van der Waals surface area contributed by atoms with Crippen LogP contribution >= 0.6 is 0 Å². The van der Waals surface area contributed by atoms with Gasteiger partial charge in [0, 0.05) is 12.2 Å². The molecule has 0 aromatic rings. The first-order valence-electron chi connectivity index (χ1n) is 3.61. The first kappa shape index (κ1) is 15.3. The lowest BCUT2D eigenvalue weighted by molar-refractivity contribution is -0.140. The number of rotatable bonds is 4. The maximum absolute atomic E-state index is 9.87. The molecule has 0 aliphatic heterocycles. The average molecular weight is 218 g/mol. The van der Waals surface area contributed by atoms with Crippen LogP contribution in [0.2, 0.25) is 0 Å². The van der Waals surface area contributed by atoms with Gasteiger partial charge < -0.3 is 15.3 Å². The van der Waals surface area contributed by atoms with Gasteiger partial charge in [0.15, 0.2) is 0 Å². The van der Waals surface area contributed by atoms with Crippen LogP contribution in [-0.4, -0.2) is 39.0 Å². The molecule has 0 aromatic heterocycles. The standard InChI is InChI=1S/C4H4O4.C4H6O3/c5-3(6)1-2-4(7)8;1-3(5)2-4(6)7/h1-2H,(H,5,6)(H,7,8);2H2,1H3,(H,6,7)/b2-1-;. The highest BCUT2D eigenvalue weighted by Gasteiger charge is 1.98. The Labute approximate surface area is 84.6 Å². The van der Waals surface area contributed by atoms with E-state index in [0.29, 0.717) is 12.2 Å².